The summed E-state index contributed by atoms with van der Waals surface area (Å²) < 4.78 is 41.9. The first kappa shape index (κ1) is 16.3. The van der Waals surface area contributed by atoms with Gasteiger partial charge in [0.05, 0.1) is 12.7 Å². The Morgan fingerprint density at radius 3 is 2.45 bits per heavy atom. The Hall–Kier alpha value is -1.79. The van der Waals surface area contributed by atoms with Crippen molar-refractivity contribution in [1.82, 2.24) is 4.98 Å². The number of anilines is 1. The van der Waals surface area contributed by atoms with Gasteiger partial charge in [0.2, 0.25) is 0 Å². The molecule has 0 saturated carbocycles. The van der Waals surface area contributed by atoms with Gasteiger partial charge in [-0.2, -0.15) is 13.2 Å². The number of halogens is 3. The molecule has 0 spiro atoms. The van der Waals surface area contributed by atoms with Crippen molar-refractivity contribution in [3.63, 3.8) is 0 Å². The maximum Gasteiger partial charge on any atom is 0.417 e. The van der Waals surface area contributed by atoms with Crippen LogP contribution in [0.3, 0.4) is 0 Å². The van der Waals surface area contributed by atoms with Crippen LogP contribution in [-0.2, 0) is 15.7 Å². The lowest BCUT2D eigenvalue weighted by molar-refractivity contribution is -0.142. The summed E-state index contributed by atoms with van der Waals surface area (Å²) in [5, 5.41) is 2.79. The molecule has 1 aromatic heterocycles. The maximum atomic E-state index is 12.4. The van der Waals surface area contributed by atoms with E-state index in [-0.39, 0.29) is 11.7 Å². The normalized spacial score (nSPS) is 13.2. The summed E-state index contributed by atoms with van der Waals surface area (Å²) in [5.41, 5.74) is -0.832. The summed E-state index contributed by atoms with van der Waals surface area (Å²) in [6, 6.07) is 1.47. The third-order valence-corrected chi connectivity index (χ3v) is 2.61. The number of alkyl halides is 3. The van der Waals surface area contributed by atoms with E-state index in [0.29, 0.717) is 6.42 Å². The monoisotopic (exact) mass is 290 g/mol. The molecular formula is C13H17F3N2O2. The summed E-state index contributed by atoms with van der Waals surface area (Å²) >= 11 is 0. The van der Waals surface area contributed by atoms with Gasteiger partial charge in [0.15, 0.2) is 0 Å². The number of ether oxygens (including phenoxy) is 1. The average Bonchev–Trinajstić information content (AvgIpc) is 2.36. The minimum Gasteiger partial charge on any atom is -0.467 e. The number of hydrogen-bond acceptors (Lipinski definition) is 4. The zero-order valence-corrected chi connectivity index (χ0v) is 11.5. The van der Waals surface area contributed by atoms with Crippen LogP contribution in [0.4, 0.5) is 19.0 Å². The number of esters is 1. The Labute approximate surface area is 115 Å². The fourth-order valence-corrected chi connectivity index (χ4v) is 1.65. The number of pyridine rings is 1. The molecule has 1 aromatic rings. The van der Waals surface area contributed by atoms with Crippen molar-refractivity contribution in [3.05, 3.63) is 23.9 Å². The van der Waals surface area contributed by atoms with E-state index in [9.17, 15) is 18.0 Å². The number of hydrogen-bond donors (Lipinski definition) is 1. The Morgan fingerprint density at radius 2 is 2.05 bits per heavy atom. The van der Waals surface area contributed by atoms with Crippen LogP contribution in [0.5, 0.6) is 0 Å². The van der Waals surface area contributed by atoms with Gasteiger partial charge < -0.3 is 10.1 Å². The first-order valence-corrected chi connectivity index (χ1v) is 6.11. The number of aromatic nitrogens is 1. The van der Waals surface area contributed by atoms with Gasteiger partial charge in [-0.15, -0.1) is 0 Å². The number of methoxy groups -OCH3 is 1. The van der Waals surface area contributed by atoms with Gasteiger partial charge in [-0.25, -0.2) is 9.78 Å². The Kier molecular flexibility index (Phi) is 5.35. The van der Waals surface area contributed by atoms with E-state index in [4.69, 9.17) is 0 Å². The average molecular weight is 290 g/mol. The van der Waals surface area contributed by atoms with Crippen molar-refractivity contribution >= 4 is 11.8 Å². The highest BCUT2D eigenvalue weighted by molar-refractivity contribution is 5.78. The molecule has 0 fully saturated rings. The largest absolute Gasteiger partial charge is 0.467 e. The summed E-state index contributed by atoms with van der Waals surface area (Å²) in [7, 11) is 1.26. The topological polar surface area (TPSA) is 51.2 Å². The van der Waals surface area contributed by atoms with E-state index in [1.807, 2.05) is 13.8 Å². The molecule has 4 nitrogen and oxygen atoms in total. The molecule has 1 unspecified atom stereocenters. The van der Waals surface area contributed by atoms with Crippen molar-refractivity contribution in [2.75, 3.05) is 12.4 Å². The summed E-state index contributed by atoms with van der Waals surface area (Å²) in [6.45, 7) is 3.86. The Bertz CT molecular complexity index is 444. The van der Waals surface area contributed by atoms with Gasteiger partial charge in [0, 0.05) is 6.20 Å². The van der Waals surface area contributed by atoms with Crippen LogP contribution in [0.1, 0.15) is 25.8 Å². The number of carbonyl (C=O) groups is 1. The van der Waals surface area contributed by atoms with Crippen LogP contribution >= 0.6 is 0 Å². The van der Waals surface area contributed by atoms with E-state index in [2.05, 4.69) is 15.0 Å². The van der Waals surface area contributed by atoms with Crippen molar-refractivity contribution < 1.29 is 22.7 Å². The second kappa shape index (κ2) is 6.58. The number of rotatable bonds is 5. The smallest absolute Gasteiger partial charge is 0.417 e. The van der Waals surface area contributed by atoms with Gasteiger partial charge in [0.1, 0.15) is 11.9 Å². The molecule has 0 aromatic carbocycles. The van der Waals surface area contributed by atoms with Crippen LogP contribution < -0.4 is 5.32 Å². The van der Waals surface area contributed by atoms with Crippen molar-refractivity contribution in [1.29, 1.82) is 0 Å². The second-order valence-corrected chi connectivity index (χ2v) is 4.78. The predicted molar refractivity (Wildman–Crippen MR) is 68.1 cm³/mol. The fraction of sp³-hybridized carbons (Fsp3) is 0.538. The third-order valence-electron chi connectivity index (χ3n) is 2.61. The van der Waals surface area contributed by atoms with Gasteiger partial charge >= 0.3 is 12.1 Å². The number of nitrogens with zero attached hydrogens (tertiary/aromatic N) is 1. The molecule has 0 aliphatic heterocycles. The lowest BCUT2D eigenvalue weighted by Crippen LogP contribution is -2.32. The van der Waals surface area contributed by atoms with E-state index in [0.717, 1.165) is 12.3 Å². The molecule has 1 atom stereocenters. The molecule has 1 heterocycles. The standard InChI is InChI=1S/C13H17F3N2O2/c1-8(2)6-10(12(19)20-3)18-11-5-4-9(7-17-11)13(14,15)16/h4-5,7-8,10H,6H2,1-3H3,(H,17,18). The van der Waals surface area contributed by atoms with Gasteiger partial charge in [-0.05, 0) is 24.5 Å². The summed E-state index contributed by atoms with van der Waals surface area (Å²) in [5.74, 6) is -0.0458. The van der Waals surface area contributed by atoms with Gasteiger partial charge in [-0.3, -0.25) is 0 Å². The lowest BCUT2D eigenvalue weighted by atomic mass is 10.0. The molecule has 112 valence electrons. The predicted octanol–water partition coefficient (Wildman–Crippen LogP) is 3.10. The van der Waals surface area contributed by atoms with Crippen LogP contribution in [0.25, 0.3) is 0 Å². The zero-order chi connectivity index (χ0) is 15.3. The minimum atomic E-state index is -4.43. The molecule has 0 saturated heterocycles. The molecule has 0 bridgehead atoms. The molecule has 0 aliphatic rings. The van der Waals surface area contributed by atoms with Crippen LogP contribution in [0.2, 0.25) is 0 Å². The van der Waals surface area contributed by atoms with Crippen LogP contribution in [0, 0.1) is 5.92 Å². The number of nitrogens with one attached hydrogen (secondary N) is 1. The lowest BCUT2D eigenvalue weighted by Gasteiger charge is -2.19. The molecular weight excluding hydrogens is 273 g/mol. The highest BCUT2D eigenvalue weighted by Gasteiger charge is 2.30. The second-order valence-electron chi connectivity index (χ2n) is 4.78. The third kappa shape index (κ3) is 4.71. The minimum absolute atomic E-state index is 0.203. The van der Waals surface area contributed by atoms with Crippen molar-refractivity contribution in [3.8, 4) is 0 Å². The Morgan fingerprint density at radius 1 is 1.40 bits per heavy atom. The summed E-state index contributed by atoms with van der Waals surface area (Å²) in [6.07, 6.45) is -3.20. The van der Waals surface area contributed by atoms with E-state index < -0.39 is 23.8 Å². The quantitative estimate of drug-likeness (QED) is 0.847. The fourth-order valence-electron chi connectivity index (χ4n) is 1.65. The highest BCUT2D eigenvalue weighted by Crippen LogP contribution is 2.29. The molecule has 0 aliphatic carbocycles. The van der Waals surface area contributed by atoms with Crippen molar-refractivity contribution in [2.45, 2.75) is 32.5 Å². The first-order valence-electron chi connectivity index (χ1n) is 6.11. The van der Waals surface area contributed by atoms with Crippen LogP contribution in [0.15, 0.2) is 18.3 Å². The van der Waals surface area contributed by atoms with E-state index in [1.165, 1.54) is 13.2 Å². The molecule has 7 heteroatoms. The molecule has 0 radical (unpaired) electrons. The maximum absolute atomic E-state index is 12.4. The summed E-state index contributed by atoms with van der Waals surface area (Å²) in [4.78, 5) is 15.3. The van der Waals surface area contributed by atoms with Gasteiger partial charge in [0.25, 0.3) is 0 Å². The Balaban J connectivity index is 2.81. The van der Waals surface area contributed by atoms with E-state index >= 15 is 0 Å². The molecule has 20 heavy (non-hydrogen) atoms. The highest BCUT2D eigenvalue weighted by atomic mass is 19.4. The number of carbonyl (C=O) groups excluding carboxylic acids is 1. The van der Waals surface area contributed by atoms with Gasteiger partial charge in [-0.1, -0.05) is 13.8 Å². The SMILES string of the molecule is COC(=O)C(CC(C)C)Nc1ccc(C(F)(F)F)cn1. The molecule has 1 rings (SSSR count). The van der Waals surface area contributed by atoms with E-state index in [1.54, 1.807) is 0 Å². The molecule has 1 N–H and O–H groups in total. The zero-order valence-electron chi connectivity index (χ0n) is 11.5. The van der Waals surface area contributed by atoms with Crippen LogP contribution in [-0.4, -0.2) is 24.1 Å². The van der Waals surface area contributed by atoms with Crippen molar-refractivity contribution in [2.24, 2.45) is 5.92 Å². The first-order chi connectivity index (χ1) is 9.24. The molecule has 0 amide bonds.